The average Bonchev–Trinajstić information content (AvgIpc) is 3.20. The van der Waals surface area contributed by atoms with Gasteiger partial charge in [-0.25, -0.2) is 0 Å². The molecule has 0 spiro atoms. The standard InChI is InChI=1S/C21H21F3N2O.C9H17N3/c1-20(8-5-9-20)25-12-14-10-16-17(18(11-14)21(22,23)24)13-26(19(16)27)15-6-3-2-4-7-15;1-7-3-8(4-7)5-9(11)12(2)6-10/h2-4,6-7,10-11,25H,5,8-9,12-13H2,1H3;6-8,10-11H,3-5H2,1-2H3. The molecule has 5 rings (SSSR count). The Kier molecular flexibility index (Phi) is 8.49. The van der Waals surface area contributed by atoms with Gasteiger partial charge in [-0.2, -0.15) is 13.2 Å². The third kappa shape index (κ3) is 6.69. The molecule has 0 saturated heterocycles. The van der Waals surface area contributed by atoms with E-state index in [9.17, 15) is 18.0 Å². The van der Waals surface area contributed by atoms with Crippen molar-refractivity contribution in [2.75, 3.05) is 11.9 Å². The molecule has 0 aromatic heterocycles. The van der Waals surface area contributed by atoms with Crippen LogP contribution >= 0.6 is 0 Å². The van der Waals surface area contributed by atoms with Crippen molar-refractivity contribution in [2.45, 2.75) is 77.2 Å². The second-order valence-electron chi connectivity index (χ2n) is 11.5. The SMILES string of the molecule is CC1(NCc2cc3c(c(C(F)(F)F)c2)CN(c2ccccc2)C3=O)CCC1.CC1CC(CC(=N)N(C)C=N)C1. The van der Waals surface area contributed by atoms with Gasteiger partial charge in [0, 0.05) is 36.8 Å². The summed E-state index contributed by atoms with van der Waals surface area (Å²) >= 11 is 0. The van der Waals surface area contributed by atoms with Crippen molar-refractivity contribution in [3.8, 4) is 0 Å². The van der Waals surface area contributed by atoms with E-state index in [1.165, 1.54) is 30.1 Å². The van der Waals surface area contributed by atoms with Crippen molar-refractivity contribution in [1.29, 1.82) is 10.8 Å². The summed E-state index contributed by atoms with van der Waals surface area (Å²) in [7, 11) is 1.76. The van der Waals surface area contributed by atoms with Crippen LogP contribution in [0.2, 0.25) is 0 Å². The van der Waals surface area contributed by atoms with Crippen molar-refractivity contribution < 1.29 is 18.0 Å². The zero-order valence-corrected chi connectivity index (χ0v) is 22.9. The molecule has 2 aromatic rings. The molecule has 1 aliphatic heterocycles. The number of amides is 1. The number of carbonyl (C=O) groups is 1. The van der Waals surface area contributed by atoms with E-state index in [0.717, 1.165) is 31.6 Å². The van der Waals surface area contributed by atoms with Crippen LogP contribution < -0.4 is 10.2 Å². The fourth-order valence-electron chi connectivity index (χ4n) is 5.57. The summed E-state index contributed by atoms with van der Waals surface area (Å²) < 4.78 is 41.0. The molecule has 39 heavy (non-hydrogen) atoms. The van der Waals surface area contributed by atoms with Gasteiger partial charge in [-0.15, -0.1) is 0 Å². The Bertz CT molecular complexity index is 1200. The Morgan fingerprint density at radius 1 is 1.21 bits per heavy atom. The third-order valence-corrected chi connectivity index (χ3v) is 8.22. The first-order chi connectivity index (χ1) is 18.4. The molecule has 1 amide bonds. The van der Waals surface area contributed by atoms with Crippen LogP contribution in [0.3, 0.4) is 0 Å². The summed E-state index contributed by atoms with van der Waals surface area (Å²) in [5.41, 5.74) is 0.602. The number of carbonyl (C=O) groups excluding carboxylic acids is 1. The number of nitrogens with one attached hydrogen (secondary N) is 3. The Morgan fingerprint density at radius 2 is 1.87 bits per heavy atom. The summed E-state index contributed by atoms with van der Waals surface area (Å²) in [4.78, 5) is 15.8. The Labute approximate surface area is 228 Å². The quantitative estimate of drug-likeness (QED) is 0.265. The number of rotatable bonds is 7. The van der Waals surface area contributed by atoms with Gasteiger partial charge in [0.05, 0.1) is 18.4 Å². The molecule has 2 saturated carbocycles. The Hall–Kier alpha value is -3.20. The van der Waals surface area contributed by atoms with Gasteiger partial charge in [0.15, 0.2) is 0 Å². The number of halogens is 3. The highest BCUT2D eigenvalue weighted by Gasteiger charge is 2.40. The average molecular weight is 542 g/mol. The topological polar surface area (TPSA) is 83.3 Å². The van der Waals surface area contributed by atoms with Crippen LogP contribution in [0, 0.1) is 22.7 Å². The number of benzene rings is 2. The fraction of sp³-hybridized carbons (Fsp3) is 0.500. The third-order valence-electron chi connectivity index (χ3n) is 8.22. The lowest BCUT2D eigenvalue weighted by molar-refractivity contribution is -0.138. The van der Waals surface area contributed by atoms with Gasteiger partial charge in [-0.05, 0) is 86.3 Å². The van der Waals surface area contributed by atoms with Gasteiger partial charge >= 0.3 is 6.18 Å². The lowest BCUT2D eigenvalue weighted by Crippen LogP contribution is -2.47. The van der Waals surface area contributed by atoms with Crippen LogP contribution in [-0.2, 0) is 19.3 Å². The number of hydrogen-bond acceptors (Lipinski definition) is 4. The van der Waals surface area contributed by atoms with Crippen LogP contribution in [0.5, 0.6) is 0 Å². The minimum absolute atomic E-state index is 0.0164. The molecule has 3 aliphatic rings. The minimum Gasteiger partial charge on any atom is -0.325 e. The van der Waals surface area contributed by atoms with Crippen LogP contribution in [0.15, 0.2) is 42.5 Å². The summed E-state index contributed by atoms with van der Waals surface area (Å²) in [5.74, 6) is 1.75. The van der Waals surface area contributed by atoms with Crippen molar-refractivity contribution in [1.82, 2.24) is 10.2 Å². The first-order valence-electron chi connectivity index (χ1n) is 13.6. The molecule has 2 fully saturated rings. The van der Waals surface area contributed by atoms with Gasteiger partial charge in [-0.3, -0.25) is 15.6 Å². The summed E-state index contributed by atoms with van der Waals surface area (Å²) in [6.07, 6.45) is 3.23. The van der Waals surface area contributed by atoms with E-state index in [0.29, 0.717) is 29.5 Å². The Balaban J connectivity index is 0.000000247. The smallest absolute Gasteiger partial charge is 0.325 e. The van der Waals surface area contributed by atoms with Crippen molar-refractivity contribution >= 4 is 23.8 Å². The van der Waals surface area contributed by atoms with Crippen molar-refractivity contribution in [2.24, 2.45) is 11.8 Å². The van der Waals surface area contributed by atoms with E-state index in [1.807, 2.05) is 6.07 Å². The number of fused-ring (bicyclic) bond motifs is 1. The first-order valence-corrected chi connectivity index (χ1v) is 13.6. The molecular weight excluding hydrogens is 503 g/mol. The number of alkyl halides is 3. The number of para-hydroxylation sites is 1. The number of hydrogen-bond donors (Lipinski definition) is 3. The van der Waals surface area contributed by atoms with E-state index >= 15 is 0 Å². The largest absolute Gasteiger partial charge is 0.416 e. The predicted octanol–water partition coefficient (Wildman–Crippen LogP) is 6.84. The van der Waals surface area contributed by atoms with E-state index in [-0.39, 0.29) is 29.1 Å². The molecule has 2 aromatic carbocycles. The van der Waals surface area contributed by atoms with Crippen LogP contribution in [0.4, 0.5) is 18.9 Å². The summed E-state index contributed by atoms with van der Waals surface area (Å²) in [5, 5.41) is 17.9. The van der Waals surface area contributed by atoms with E-state index in [4.69, 9.17) is 10.8 Å². The molecule has 0 bridgehead atoms. The second-order valence-corrected chi connectivity index (χ2v) is 11.5. The van der Waals surface area contributed by atoms with Crippen LogP contribution in [0.25, 0.3) is 0 Å². The highest BCUT2D eigenvalue weighted by molar-refractivity contribution is 6.10. The van der Waals surface area contributed by atoms with Gasteiger partial charge in [-0.1, -0.05) is 25.1 Å². The molecule has 0 radical (unpaired) electrons. The first kappa shape index (κ1) is 28.8. The molecule has 1 heterocycles. The molecule has 0 atom stereocenters. The fourth-order valence-corrected chi connectivity index (χ4v) is 5.57. The van der Waals surface area contributed by atoms with E-state index in [1.54, 1.807) is 42.3 Å². The summed E-state index contributed by atoms with van der Waals surface area (Å²) in [6.45, 7) is 4.60. The molecule has 6 nitrogen and oxygen atoms in total. The van der Waals surface area contributed by atoms with Gasteiger partial charge in [0.1, 0.15) is 5.84 Å². The van der Waals surface area contributed by atoms with Crippen LogP contribution in [0.1, 0.15) is 79.4 Å². The molecular formula is C30H38F3N5O. The number of nitrogens with zero attached hydrogens (tertiary/aromatic N) is 2. The molecule has 210 valence electrons. The molecule has 3 N–H and O–H groups in total. The predicted molar refractivity (Wildman–Crippen MR) is 148 cm³/mol. The monoisotopic (exact) mass is 541 g/mol. The van der Waals surface area contributed by atoms with E-state index in [2.05, 4.69) is 19.2 Å². The number of amidine groups is 1. The maximum atomic E-state index is 13.7. The van der Waals surface area contributed by atoms with E-state index < -0.39 is 11.7 Å². The number of anilines is 1. The van der Waals surface area contributed by atoms with Crippen molar-refractivity contribution in [3.63, 3.8) is 0 Å². The Morgan fingerprint density at radius 3 is 2.41 bits per heavy atom. The molecule has 0 unspecified atom stereocenters. The maximum absolute atomic E-state index is 13.7. The molecule has 9 heteroatoms. The second kappa shape index (κ2) is 11.5. The van der Waals surface area contributed by atoms with Crippen molar-refractivity contribution in [3.05, 3.63) is 64.7 Å². The van der Waals surface area contributed by atoms with Gasteiger partial charge in [0.2, 0.25) is 0 Å². The van der Waals surface area contributed by atoms with Gasteiger partial charge in [0.25, 0.3) is 5.91 Å². The van der Waals surface area contributed by atoms with Crippen LogP contribution in [-0.4, -0.2) is 35.6 Å². The zero-order chi connectivity index (χ0) is 28.4. The highest BCUT2D eigenvalue weighted by atomic mass is 19.4. The normalized spacial score (nSPS) is 21.2. The lowest BCUT2D eigenvalue weighted by atomic mass is 9.74. The minimum atomic E-state index is -4.49. The molecule has 2 aliphatic carbocycles. The lowest BCUT2D eigenvalue weighted by Gasteiger charge is -2.39. The highest BCUT2D eigenvalue weighted by Crippen LogP contribution is 2.40. The maximum Gasteiger partial charge on any atom is 0.416 e. The zero-order valence-electron chi connectivity index (χ0n) is 22.9. The summed E-state index contributed by atoms with van der Waals surface area (Å²) in [6, 6.07) is 11.6. The van der Waals surface area contributed by atoms with Gasteiger partial charge < -0.3 is 15.1 Å².